The van der Waals surface area contributed by atoms with Gasteiger partial charge in [0.25, 0.3) is 0 Å². The molecule has 2 nitrogen and oxygen atoms in total. The molecule has 1 aromatic rings. The standard InChI is InChI=1S/C11H15BrClNOS/c12-10-8-9(13)2-3-11(10)15-5-7-16-6-1-4-14/h2-3,8H,1,4-7,14H2. The first-order valence-corrected chi connectivity index (χ1v) is 7.42. The molecule has 0 saturated carbocycles. The molecule has 0 aliphatic heterocycles. The van der Waals surface area contributed by atoms with Crippen molar-refractivity contribution in [3.8, 4) is 5.75 Å². The molecule has 90 valence electrons. The predicted molar refractivity (Wildman–Crippen MR) is 75.6 cm³/mol. The van der Waals surface area contributed by atoms with Gasteiger partial charge in [-0.15, -0.1) is 0 Å². The summed E-state index contributed by atoms with van der Waals surface area (Å²) in [5.74, 6) is 2.92. The number of thioether (sulfide) groups is 1. The number of ether oxygens (including phenoxy) is 1. The summed E-state index contributed by atoms with van der Waals surface area (Å²) in [4.78, 5) is 0. The highest BCUT2D eigenvalue weighted by Crippen LogP contribution is 2.27. The summed E-state index contributed by atoms with van der Waals surface area (Å²) < 4.78 is 6.51. The minimum absolute atomic E-state index is 0.704. The zero-order valence-electron chi connectivity index (χ0n) is 8.92. The maximum absolute atomic E-state index is 5.83. The third-order valence-electron chi connectivity index (χ3n) is 1.87. The Morgan fingerprint density at radius 3 is 2.88 bits per heavy atom. The van der Waals surface area contributed by atoms with E-state index in [0.29, 0.717) is 11.6 Å². The lowest BCUT2D eigenvalue weighted by atomic mass is 10.3. The summed E-state index contributed by atoms with van der Waals surface area (Å²) in [5.41, 5.74) is 5.41. The van der Waals surface area contributed by atoms with Gasteiger partial charge >= 0.3 is 0 Å². The number of hydrogen-bond donors (Lipinski definition) is 1. The first-order valence-electron chi connectivity index (χ1n) is 5.09. The van der Waals surface area contributed by atoms with Gasteiger partial charge < -0.3 is 10.5 Å². The van der Waals surface area contributed by atoms with Crippen LogP contribution in [0.3, 0.4) is 0 Å². The van der Waals surface area contributed by atoms with E-state index in [0.717, 1.165) is 34.7 Å². The molecular weight excluding hydrogens is 310 g/mol. The Balaban J connectivity index is 2.21. The lowest BCUT2D eigenvalue weighted by Crippen LogP contribution is -2.03. The quantitative estimate of drug-likeness (QED) is 0.779. The Kier molecular flexibility index (Phi) is 7.28. The van der Waals surface area contributed by atoms with Crippen molar-refractivity contribution in [3.05, 3.63) is 27.7 Å². The van der Waals surface area contributed by atoms with Gasteiger partial charge in [-0.05, 0) is 52.8 Å². The van der Waals surface area contributed by atoms with Crippen molar-refractivity contribution >= 4 is 39.3 Å². The van der Waals surface area contributed by atoms with Crippen molar-refractivity contribution in [1.82, 2.24) is 0 Å². The molecule has 0 aliphatic rings. The number of benzene rings is 1. The fourth-order valence-electron chi connectivity index (χ4n) is 1.09. The first-order chi connectivity index (χ1) is 7.74. The molecule has 0 heterocycles. The number of rotatable bonds is 7. The van der Waals surface area contributed by atoms with Crippen LogP contribution in [0.25, 0.3) is 0 Å². The van der Waals surface area contributed by atoms with Crippen LogP contribution < -0.4 is 10.5 Å². The summed E-state index contributed by atoms with van der Waals surface area (Å²) >= 11 is 11.1. The maximum atomic E-state index is 5.83. The van der Waals surface area contributed by atoms with Crippen LogP contribution in [-0.2, 0) is 0 Å². The minimum atomic E-state index is 0.704. The maximum Gasteiger partial charge on any atom is 0.133 e. The van der Waals surface area contributed by atoms with E-state index < -0.39 is 0 Å². The van der Waals surface area contributed by atoms with Crippen LogP contribution in [0.2, 0.25) is 5.02 Å². The highest BCUT2D eigenvalue weighted by Gasteiger charge is 2.01. The van der Waals surface area contributed by atoms with E-state index in [-0.39, 0.29) is 0 Å². The smallest absolute Gasteiger partial charge is 0.133 e. The molecule has 1 rings (SSSR count). The minimum Gasteiger partial charge on any atom is -0.492 e. The van der Waals surface area contributed by atoms with Gasteiger partial charge in [0.1, 0.15) is 5.75 Å². The van der Waals surface area contributed by atoms with Crippen LogP contribution in [0.5, 0.6) is 5.75 Å². The number of hydrogen-bond acceptors (Lipinski definition) is 3. The zero-order valence-corrected chi connectivity index (χ0v) is 12.1. The Morgan fingerprint density at radius 1 is 1.38 bits per heavy atom. The van der Waals surface area contributed by atoms with Gasteiger partial charge in [0.15, 0.2) is 0 Å². The SMILES string of the molecule is NCCCSCCOc1ccc(Cl)cc1Br. The van der Waals surface area contributed by atoms with E-state index in [4.69, 9.17) is 22.1 Å². The molecule has 1 aromatic carbocycles. The Hall–Kier alpha value is 0.1000. The van der Waals surface area contributed by atoms with Gasteiger partial charge in [-0.2, -0.15) is 11.8 Å². The van der Waals surface area contributed by atoms with Crippen LogP contribution in [0.15, 0.2) is 22.7 Å². The van der Waals surface area contributed by atoms with Crippen LogP contribution >= 0.6 is 39.3 Å². The Bertz CT molecular complexity index is 325. The van der Waals surface area contributed by atoms with E-state index >= 15 is 0 Å². The van der Waals surface area contributed by atoms with Gasteiger partial charge in [-0.3, -0.25) is 0 Å². The summed E-state index contributed by atoms with van der Waals surface area (Å²) in [6, 6.07) is 5.53. The van der Waals surface area contributed by atoms with E-state index in [1.165, 1.54) is 0 Å². The van der Waals surface area contributed by atoms with Crippen molar-refractivity contribution in [3.63, 3.8) is 0 Å². The number of nitrogens with two attached hydrogens (primary N) is 1. The fraction of sp³-hybridized carbons (Fsp3) is 0.455. The number of halogens is 2. The van der Waals surface area contributed by atoms with Crippen molar-refractivity contribution in [2.24, 2.45) is 5.73 Å². The third kappa shape index (κ3) is 5.43. The molecule has 0 aromatic heterocycles. The molecule has 0 bridgehead atoms. The molecule has 2 N–H and O–H groups in total. The molecule has 0 fully saturated rings. The van der Waals surface area contributed by atoms with E-state index in [9.17, 15) is 0 Å². The van der Waals surface area contributed by atoms with E-state index in [1.807, 2.05) is 30.0 Å². The van der Waals surface area contributed by atoms with Gasteiger partial charge in [0.2, 0.25) is 0 Å². The van der Waals surface area contributed by atoms with Crippen molar-refractivity contribution in [1.29, 1.82) is 0 Å². The van der Waals surface area contributed by atoms with Gasteiger partial charge in [-0.25, -0.2) is 0 Å². The topological polar surface area (TPSA) is 35.2 Å². The Labute approximate surface area is 114 Å². The lowest BCUT2D eigenvalue weighted by molar-refractivity contribution is 0.342. The van der Waals surface area contributed by atoms with Crippen molar-refractivity contribution in [2.75, 3.05) is 24.7 Å². The van der Waals surface area contributed by atoms with Crippen LogP contribution in [0.1, 0.15) is 6.42 Å². The summed E-state index contributed by atoms with van der Waals surface area (Å²) in [5, 5.41) is 0.705. The predicted octanol–water partition coefficient (Wildman–Crippen LogP) is 3.56. The monoisotopic (exact) mass is 323 g/mol. The van der Waals surface area contributed by atoms with Crippen LogP contribution in [-0.4, -0.2) is 24.7 Å². The molecule has 0 radical (unpaired) electrons. The molecule has 16 heavy (non-hydrogen) atoms. The highest BCUT2D eigenvalue weighted by molar-refractivity contribution is 9.10. The molecule has 0 aliphatic carbocycles. The molecule has 0 unspecified atom stereocenters. The highest BCUT2D eigenvalue weighted by atomic mass is 79.9. The molecule has 0 spiro atoms. The molecule has 0 saturated heterocycles. The molecule has 5 heteroatoms. The second kappa shape index (κ2) is 8.23. The molecule has 0 amide bonds. The molecule has 0 atom stereocenters. The average Bonchev–Trinajstić information content (AvgIpc) is 2.26. The molecular formula is C11H15BrClNOS. The zero-order chi connectivity index (χ0) is 11.8. The van der Waals surface area contributed by atoms with Crippen molar-refractivity contribution < 1.29 is 4.74 Å². The second-order valence-electron chi connectivity index (χ2n) is 3.18. The Morgan fingerprint density at radius 2 is 2.19 bits per heavy atom. The normalized spacial score (nSPS) is 10.4. The van der Waals surface area contributed by atoms with E-state index in [2.05, 4.69) is 15.9 Å². The van der Waals surface area contributed by atoms with Gasteiger partial charge in [-0.1, -0.05) is 11.6 Å². The van der Waals surface area contributed by atoms with Gasteiger partial charge in [0.05, 0.1) is 11.1 Å². The summed E-state index contributed by atoms with van der Waals surface area (Å²) in [7, 11) is 0. The van der Waals surface area contributed by atoms with Gasteiger partial charge in [0, 0.05) is 10.8 Å². The summed E-state index contributed by atoms with van der Waals surface area (Å²) in [6.45, 7) is 1.46. The third-order valence-corrected chi connectivity index (χ3v) is 3.76. The fourth-order valence-corrected chi connectivity index (χ4v) is 2.66. The second-order valence-corrected chi connectivity index (χ2v) is 5.69. The lowest BCUT2D eigenvalue weighted by Gasteiger charge is -2.08. The van der Waals surface area contributed by atoms with Crippen LogP contribution in [0.4, 0.5) is 0 Å². The summed E-state index contributed by atoms with van der Waals surface area (Å²) in [6.07, 6.45) is 1.06. The van der Waals surface area contributed by atoms with Crippen molar-refractivity contribution in [2.45, 2.75) is 6.42 Å². The average molecular weight is 325 g/mol. The largest absolute Gasteiger partial charge is 0.492 e. The van der Waals surface area contributed by atoms with E-state index in [1.54, 1.807) is 0 Å². The van der Waals surface area contributed by atoms with Crippen LogP contribution in [0, 0.1) is 0 Å². The first kappa shape index (κ1) is 14.2.